The second kappa shape index (κ2) is 10.7. The van der Waals surface area contributed by atoms with E-state index in [1.807, 2.05) is 26.0 Å². The number of amides is 4. The summed E-state index contributed by atoms with van der Waals surface area (Å²) in [5.74, 6) is -0.427. The van der Waals surface area contributed by atoms with E-state index >= 15 is 0 Å². The van der Waals surface area contributed by atoms with E-state index in [1.54, 1.807) is 34.1 Å². The van der Waals surface area contributed by atoms with Gasteiger partial charge in [0.1, 0.15) is 5.82 Å². The minimum absolute atomic E-state index is 0.0259. The summed E-state index contributed by atoms with van der Waals surface area (Å²) in [5, 5.41) is 5.54. The molecule has 0 aromatic heterocycles. The van der Waals surface area contributed by atoms with E-state index in [0.717, 1.165) is 11.1 Å². The molecule has 1 saturated heterocycles. The van der Waals surface area contributed by atoms with Crippen LogP contribution in [0.2, 0.25) is 0 Å². The molecule has 170 valence electrons. The molecule has 8 heteroatoms. The van der Waals surface area contributed by atoms with E-state index in [9.17, 15) is 18.8 Å². The fraction of sp³-hybridized carbons (Fsp3) is 0.375. The molecule has 32 heavy (non-hydrogen) atoms. The molecule has 1 aliphatic rings. The fourth-order valence-corrected chi connectivity index (χ4v) is 3.49. The van der Waals surface area contributed by atoms with Gasteiger partial charge in [0.05, 0.1) is 6.42 Å². The zero-order chi connectivity index (χ0) is 23.1. The van der Waals surface area contributed by atoms with Gasteiger partial charge in [-0.15, -0.1) is 0 Å². The molecule has 3 rings (SSSR count). The van der Waals surface area contributed by atoms with Crippen LogP contribution in [0.25, 0.3) is 0 Å². The Kier molecular flexibility index (Phi) is 7.81. The Morgan fingerprint density at radius 3 is 2.03 bits per heavy atom. The monoisotopic (exact) mass is 440 g/mol. The van der Waals surface area contributed by atoms with Crippen molar-refractivity contribution in [1.29, 1.82) is 0 Å². The van der Waals surface area contributed by atoms with Gasteiger partial charge in [0.2, 0.25) is 5.91 Å². The quantitative estimate of drug-likeness (QED) is 0.724. The number of carbonyl (C=O) groups is 3. The topological polar surface area (TPSA) is 81.8 Å². The Bertz CT molecular complexity index is 937. The van der Waals surface area contributed by atoms with Crippen LogP contribution >= 0.6 is 0 Å². The van der Waals surface area contributed by atoms with E-state index in [4.69, 9.17) is 0 Å². The number of nitrogens with one attached hydrogen (secondary N) is 2. The molecule has 4 amide bonds. The number of piperazine rings is 1. The third-order valence-electron chi connectivity index (χ3n) is 5.26. The van der Waals surface area contributed by atoms with Crippen LogP contribution in [0, 0.1) is 5.82 Å². The molecule has 1 aliphatic heterocycles. The standard InChI is InChI=1S/C24H29FN4O3/c1-17(2)27-24(32)26-16-19-3-7-20(8-4-19)23(31)29-13-11-28(12-14-29)22(30)15-18-5-9-21(25)10-6-18/h3-10,17H,11-16H2,1-2H3,(H2,26,27,32). The first-order chi connectivity index (χ1) is 15.3. The normalized spacial score (nSPS) is 13.8. The highest BCUT2D eigenvalue weighted by Gasteiger charge is 2.24. The molecule has 0 aliphatic carbocycles. The lowest BCUT2D eigenvalue weighted by Gasteiger charge is -2.35. The molecule has 0 spiro atoms. The number of hydrogen-bond donors (Lipinski definition) is 2. The second-order valence-corrected chi connectivity index (χ2v) is 8.15. The Morgan fingerprint density at radius 2 is 1.44 bits per heavy atom. The van der Waals surface area contributed by atoms with Crippen LogP contribution < -0.4 is 10.6 Å². The molecule has 0 unspecified atom stereocenters. The average Bonchev–Trinajstić information content (AvgIpc) is 2.79. The van der Waals surface area contributed by atoms with Crippen molar-refractivity contribution in [3.63, 3.8) is 0 Å². The van der Waals surface area contributed by atoms with Crippen LogP contribution in [0.5, 0.6) is 0 Å². The van der Waals surface area contributed by atoms with E-state index < -0.39 is 0 Å². The highest BCUT2D eigenvalue weighted by Crippen LogP contribution is 2.12. The van der Waals surface area contributed by atoms with E-state index in [0.29, 0.717) is 38.3 Å². The van der Waals surface area contributed by atoms with Gasteiger partial charge in [-0.2, -0.15) is 0 Å². The lowest BCUT2D eigenvalue weighted by Crippen LogP contribution is -2.51. The fourth-order valence-electron chi connectivity index (χ4n) is 3.49. The molecule has 1 heterocycles. The van der Waals surface area contributed by atoms with Crippen LogP contribution in [0.3, 0.4) is 0 Å². The highest BCUT2D eigenvalue weighted by atomic mass is 19.1. The van der Waals surface area contributed by atoms with Gasteiger partial charge in [-0.25, -0.2) is 9.18 Å². The van der Waals surface area contributed by atoms with Gasteiger partial charge < -0.3 is 20.4 Å². The van der Waals surface area contributed by atoms with Crippen molar-refractivity contribution in [3.8, 4) is 0 Å². The maximum absolute atomic E-state index is 13.0. The van der Waals surface area contributed by atoms with Crippen molar-refractivity contribution in [2.75, 3.05) is 26.2 Å². The molecule has 2 aromatic rings. The van der Waals surface area contributed by atoms with Crippen LogP contribution in [-0.4, -0.2) is 59.9 Å². The summed E-state index contributed by atoms with van der Waals surface area (Å²) in [6.45, 7) is 6.03. The molecule has 0 radical (unpaired) electrons. The van der Waals surface area contributed by atoms with Gasteiger partial charge in [0, 0.05) is 44.3 Å². The van der Waals surface area contributed by atoms with Crippen molar-refractivity contribution < 1.29 is 18.8 Å². The summed E-state index contributed by atoms with van der Waals surface area (Å²) in [6, 6.07) is 12.9. The Morgan fingerprint density at radius 1 is 0.875 bits per heavy atom. The lowest BCUT2D eigenvalue weighted by atomic mass is 10.1. The van der Waals surface area contributed by atoms with E-state index in [1.165, 1.54) is 12.1 Å². The predicted octanol–water partition coefficient (Wildman–Crippen LogP) is 2.56. The Labute approximate surface area is 187 Å². The summed E-state index contributed by atoms with van der Waals surface area (Å²) in [6.07, 6.45) is 0.221. The van der Waals surface area contributed by atoms with Gasteiger partial charge in [0.15, 0.2) is 0 Å². The highest BCUT2D eigenvalue weighted by molar-refractivity contribution is 5.94. The SMILES string of the molecule is CC(C)NC(=O)NCc1ccc(C(=O)N2CCN(C(=O)Cc3ccc(F)cc3)CC2)cc1. The third kappa shape index (κ3) is 6.54. The van der Waals surface area contributed by atoms with Crippen molar-refractivity contribution in [2.45, 2.75) is 32.9 Å². The van der Waals surface area contributed by atoms with Crippen LogP contribution in [0.1, 0.15) is 35.3 Å². The largest absolute Gasteiger partial charge is 0.339 e. The minimum Gasteiger partial charge on any atom is -0.339 e. The first-order valence-corrected chi connectivity index (χ1v) is 10.8. The zero-order valence-corrected chi connectivity index (χ0v) is 18.4. The molecule has 0 atom stereocenters. The molecule has 2 aromatic carbocycles. The van der Waals surface area contributed by atoms with Gasteiger partial charge in [0.25, 0.3) is 5.91 Å². The number of rotatable bonds is 6. The molecule has 0 bridgehead atoms. The van der Waals surface area contributed by atoms with Crippen molar-refractivity contribution in [3.05, 3.63) is 71.0 Å². The Hall–Kier alpha value is -3.42. The number of nitrogens with zero attached hydrogens (tertiary/aromatic N) is 2. The summed E-state index contributed by atoms with van der Waals surface area (Å²) in [5.41, 5.74) is 2.24. The Balaban J connectivity index is 1.46. The minimum atomic E-state index is -0.325. The number of carbonyl (C=O) groups excluding carboxylic acids is 3. The summed E-state index contributed by atoms with van der Waals surface area (Å²) >= 11 is 0. The summed E-state index contributed by atoms with van der Waals surface area (Å²) in [4.78, 5) is 40.5. The first kappa shape index (κ1) is 23.2. The zero-order valence-electron chi connectivity index (χ0n) is 18.4. The van der Waals surface area contributed by atoms with Crippen molar-refractivity contribution in [2.24, 2.45) is 0 Å². The molecular formula is C24H29FN4O3. The lowest BCUT2D eigenvalue weighted by molar-refractivity contribution is -0.131. The van der Waals surface area contributed by atoms with E-state index in [2.05, 4.69) is 10.6 Å². The van der Waals surface area contributed by atoms with Crippen LogP contribution in [-0.2, 0) is 17.8 Å². The average molecular weight is 441 g/mol. The van der Waals surface area contributed by atoms with Crippen LogP contribution in [0.15, 0.2) is 48.5 Å². The molecule has 7 nitrogen and oxygen atoms in total. The van der Waals surface area contributed by atoms with E-state index in [-0.39, 0.29) is 36.1 Å². The summed E-state index contributed by atoms with van der Waals surface area (Å²) in [7, 11) is 0. The number of hydrogen-bond acceptors (Lipinski definition) is 3. The molecule has 2 N–H and O–H groups in total. The second-order valence-electron chi connectivity index (χ2n) is 8.15. The number of urea groups is 1. The van der Waals surface area contributed by atoms with Crippen LogP contribution in [0.4, 0.5) is 9.18 Å². The van der Waals surface area contributed by atoms with Crippen molar-refractivity contribution >= 4 is 17.8 Å². The number of benzene rings is 2. The predicted molar refractivity (Wildman–Crippen MR) is 120 cm³/mol. The van der Waals surface area contributed by atoms with Gasteiger partial charge >= 0.3 is 6.03 Å². The van der Waals surface area contributed by atoms with Gasteiger partial charge in [-0.05, 0) is 49.2 Å². The molecule has 0 saturated carbocycles. The smallest absolute Gasteiger partial charge is 0.315 e. The number of halogens is 1. The summed E-state index contributed by atoms with van der Waals surface area (Å²) < 4.78 is 13.0. The first-order valence-electron chi connectivity index (χ1n) is 10.8. The van der Waals surface area contributed by atoms with Gasteiger partial charge in [-0.1, -0.05) is 24.3 Å². The molecular weight excluding hydrogens is 411 g/mol. The maximum Gasteiger partial charge on any atom is 0.315 e. The maximum atomic E-state index is 13.0. The molecule has 1 fully saturated rings. The van der Waals surface area contributed by atoms with Gasteiger partial charge in [-0.3, -0.25) is 9.59 Å². The third-order valence-corrected chi connectivity index (χ3v) is 5.26. The van der Waals surface area contributed by atoms with Crippen molar-refractivity contribution in [1.82, 2.24) is 20.4 Å².